The first-order valence-corrected chi connectivity index (χ1v) is 50.5. The van der Waals surface area contributed by atoms with Crippen molar-refractivity contribution in [1.29, 1.82) is 0 Å². The number of ether oxygens (including phenoxy) is 3. The third-order valence-electron chi connectivity index (χ3n) is 20.4. The van der Waals surface area contributed by atoms with Crippen LogP contribution < -0.4 is 0 Å². The van der Waals surface area contributed by atoms with Crippen molar-refractivity contribution in [3.63, 3.8) is 0 Å². The Morgan fingerprint density at radius 1 is 0.248 bits per heavy atom. The van der Waals surface area contributed by atoms with Crippen molar-refractivity contribution >= 4 is 33.6 Å². The molecule has 0 radical (unpaired) electrons. The van der Waals surface area contributed by atoms with E-state index in [9.17, 15) is 43.5 Å². The van der Waals surface area contributed by atoms with Gasteiger partial charge in [0.2, 0.25) is 0 Å². The van der Waals surface area contributed by atoms with E-state index in [1.165, 1.54) is 212 Å². The van der Waals surface area contributed by atoms with E-state index in [0.29, 0.717) is 19.3 Å². The van der Waals surface area contributed by atoms with Gasteiger partial charge in [0.15, 0.2) is 6.10 Å². The van der Waals surface area contributed by atoms with Gasteiger partial charge in [-0.05, 0) is 116 Å². The summed E-state index contributed by atoms with van der Waals surface area (Å²) in [5.74, 6) is -1.55. The topological polar surface area (TPSA) is 231 Å². The number of hydrogen-bond acceptors (Lipinski definition) is 14. The third-order valence-corrected chi connectivity index (χ3v) is 22.3. The largest absolute Gasteiger partial charge is 0.472 e. The highest BCUT2D eigenvalue weighted by Crippen LogP contribution is 2.45. The average Bonchev–Trinajstić information content (AvgIpc) is 0.865. The fourth-order valence-corrected chi connectivity index (χ4v) is 14.8. The van der Waals surface area contributed by atoms with Crippen molar-refractivity contribution in [1.82, 2.24) is 0 Å². The van der Waals surface area contributed by atoms with Crippen LogP contribution in [-0.2, 0) is 55.8 Å². The number of carbonyl (C=O) groups is 3. The summed E-state index contributed by atoms with van der Waals surface area (Å²) in [6.07, 6.45) is 114. The Balaban J connectivity index is 4.41. The van der Waals surface area contributed by atoms with Gasteiger partial charge in [0.1, 0.15) is 25.4 Å². The maximum Gasteiger partial charge on any atom is 0.472 e. The van der Waals surface area contributed by atoms with Gasteiger partial charge in [0, 0.05) is 19.3 Å². The van der Waals surface area contributed by atoms with E-state index >= 15 is 0 Å². The summed E-state index contributed by atoms with van der Waals surface area (Å²) < 4.78 is 61.5. The Hall–Kier alpha value is -4.31. The van der Waals surface area contributed by atoms with Gasteiger partial charge in [0.25, 0.3) is 0 Å². The quantitative estimate of drug-likeness (QED) is 0.0146. The van der Waals surface area contributed by atoms with Crippen molar-refractivity contribution in [3.8, 4) is 0 Å². The van der Waals surface area contributed by atoms with Crippen LogP contribution in [0.15, 0.2) is 134 Å². The Morgan fingerprint density at radius 3 is 0.718 bits per heavy atom. The van der Waals surface area contributed by atoms with Gasteiger partial charge in [0.05, 0.1) is 26.4 Å². The molecule has 4 N–H and O–H groups in total. The minimum absolute atomic E-state index is 0.108. The van der Waals surface area contributed by atoms with E-state index in [-0.39, 0.29) is 19.3 Å². The molecule has 0 fully saturated rings. The van der Waals surface area contributed by atoms with Gasteiger partial charge >= 0.3 is 33.6 Å². The number of phosphoric ester groups is 2. The molecule has 117 heavy (non-hydrogen) atoms. The smallest absolute Gasteiger partial charge is 0.463 e. The fourth-order valence-electron chi connectivity index (χ4n) is 13.3. The second-order valence-corrected chi connectivity index (χ2v) is 34.7. The van der Waals surface area contributed by atoms with Crippen molar-refractivity contribution in [3.05, 3.63) is 134 Å². The SMILES string of the molecule is CC/C=C\C/C=C\C/C=C\C/C=C\C/C=C\C/C=C\CCCCCCCCCCCCCCC(=O)OCC(COP(=O)(O)OCC(O)COP(=O)(O)OCC(O)COC(=O)CCCCCCCCCCCCCCCCCCCCC/C=C\C/C=C\C/C=C\C/C=C\C/C=C\CC)OC(=O)CCCCCCCCCCCCCCCCC. The summed E-state index contributed by atoms with van der Waals surface area (Å²) in [5.41, 5.74) is 0. The van der Waals surface area contributed by atoms with E-state index in [1.807, 2.05) is 0 Å². The van der Waals surface area contributed by atoms with Gasteiger partial charge in [-0.1, -0.05) is 418 Å². The van der Waals surface area contributed by atoms with Crippen molar-refractivity contribution in [2.75, 3.05) is 39.6 Å². The highest BCUT2D eigenvalue weighted by atomic mass is 31.2. The first-order valence-electron chi connectivity index (χ1n) is 47.5. The van der Waals surface area contributed by atoms with Gasteiger partial charge in [-0.25, -0.2) is 9.13 Å². The number of aliphatic hydroxyl groups excluding tert-OH is 2. The summed E-state index contributed by atoms with van der Waals surface area (Å²) in [6.45, 7) is 2.53. The van der Waals surface area contributed by atoms with Gasteiger partial charge < -0.3 is 34.2 Å². The first-order chi connectivity index (χ1) is 57.2. The Labute approximate surface area is 715 Å². The molecule has 18 heteroatoms. The molecule has 0 aliphatic heterocycles. The molecular formula is C99H174O16P2. The molecule has 0 spiro atoms. The predicted octanol–water partition coefficient (Wildman–Crippen LogP) is 29.3. The molecule has 16 nitrogen and oxygen atoms in total. The number of unbranched alkanes of at least 4 members (excludes halogenated alkanes) is 45. The normalized spacial score (nSPS) is 14.4. The van der Waals surface area contributed by atoms with E-state index in [0.717, 1.165) is 148 Å². The number of hydrogen-bond donors (Lipinski definition) is 4. The van der Waals surface area contributed by atoms with E-state index in [4.69, 9.17) is 32.3 Å². The van der Waals surface area contributed by atoms with E-state index < -0.39 is 91.5 Å². The van der Waals surface area contributed by atoms with Gasteiger partial charge in [-0.3, -0.25) is 32.5 Å². The van der Waals surface area contributed by atoms with E-state index in [1.54, 1.807) is 0 Å². The molecule has 0 aliphatic rings. The van der Waals surface area contributed by atoms with E-state index in [2.05, 4.69) is 154 Å². The summed E-state index contributed by atoms with van der Waals surface area (Å²) in [5, 5.41) is 20.7. The summed E-state index contributed by atoms with van der Waals surface area (Å²) >= 11 is 0. The first kappa shape index (κ1) is 113. The molecule has 0 saturated carbocycles. The molecule has 0 saturated heterocycles. The molecule has 0 rings (SSSR count). The standard InChI is InChI=1S/C99H174O16P2/c1-4-7-10-13-16-19-22-25-28-30-32-34-36-38-40-42-44-45-46-47-49-51-52-54-56-58-60-62-65-67-70-73-76-79-82-85-97(102)109-88-94(100)89-111-116(105,106)112-90-95(101)91-113-117(107,108)114-93-96(115-99(104)87-84-81-78-75-72-69-64-27-24-21-18-15-12-9-6-3)92-110-98(103)86-83-80-77-74-71-68-66-63-61-59-57-55-53-50-48-43-41-39-37-35-33-31-29-26-23-20-17-14-11-8-5-2/h7-8,10-11,16-17,19-20,25-26,28-29,32-35,38-41,48,50,94-96,100-101H,4-6,9,12-15,18,21-24,27,30-31,36-37,42-47,49,51-93H2,1-3H3,(H,105,106)(H,107,108)/b10-7-,11-8-,19-16-,20-17-,28-25-,29-26-,34-32-,35-33-,40-38-,41-39-,50-48-. The number of aliphatic hydroxyl groups is 2. The molecule has 5 atom stereocenters. The van der Waals surface area contributed by atoms with Crippen LogP contribution >= 0.6 is 15.6 Å². The summed E-state index contributed by atoms with van der Waals surface area (Å²) in [7, 11) is -9.79. The van der Waals surface area contributed by atoms with Crippen LogP contribution in [-0.4, -0.2) is 95.9 Å². The summed E-state index contributed by atoms with van der Waals surface area (Å²) in [6, 6.07) is 0. The molecule has 0 aromatic rings. The molecule has 0 bridgehead atoms. The van der Waals surface area contributed by atoms with Crippen LogP contribution in [0.2, 0.25) is 0 Å². The van der Waals surface area contributed by atoms with Crippen LogP contribution in [0, 0.1) is 0 Å². The van der Waals surface area contributed by atoms with Gasteiger partial charge in [-0.15, -0.1) is 0 Å². The molecule has 0 amide bonds. The number of allylic oxidation sites excluding steroid dienone is 22. The lowest BCUT2D eigenvalue weighted by Crippen LogP contribution is -2.30. The molecule has 0 heterocycles. The zero-order valence-electron chi connectivity index (χ0n) is 74.6. The van der Waals surface area contributed by atoms with Gasteiger partial charge in [-0.2, -0.15) is 0 Å². The number of rotatable bonds is 90. The Bertz CT molecular complexity index is 2660. The number of esters is 3. The van der Waals surface area contributed by atoms with Crippen LogP contribution in [0.25, 0.3) is 0 Å². The maximum atomic E-state index is 13.0. The Morgan fingerprint density at radius 2 is 0.453 bits per heavy atom. The molecule has 5 unspecified atom stereocenters. The summed E-state index contributed by atoms with van der Waals surface area (Å²) in [4.78, 5) is 59.0. The zero-order chi connectivity index (χ0) is 85.1. The van der Waals surface area contributed by atoms with Crippen molar-refractivity contribution < 1.29 is 75.8 Å². The molecule has 0 aromatic heterocycles. The highest BCUT2D eigenvalue weighted by molar-refractivity contribution is 7.47. The fraction of sp³-hybridized carbons (Fsp3) is 0.747. The zero-order valence-corrected chi connectivity index (χ0v) is 76.4. The third kappa shape index (κ3) is 92.3. The van der Waals surface area contributed by atoms with Crippen LogP contribution in [0.1, 0.15) is 419 Å². The molecule has 676 valence electrons. The van der Waals surface area contributed by atoms with Crippen LogP contribution in [0.5, 0.6) is 0 Å². The second-order valence-electron chi connectivity index (χ2n) is 31.8. The lowest BCUT2D eigenvalue weighted by Gasteiger charge is -2.21. The minimum atomic E-state index is -4.93. The lowest BCUT2D eigenvalue weighted by atomic mass is 10.0. The molecular weight excluding hydrogens is 1510 g/mol. The van der Waals surface area contributed by atoms with Crippen LogP contribution in [0.4, 0.5) is 0 Å². The number of carbonyl (C=O) groups excluding carboxylic acids is 3. The average molecular weight is 1680 g/mol. The maximum absolute atomic E-state index is 13.0. The Kier molecular flexibility index (Phi) is 87.6. The monoisotopic (exact) mass is 1680 g/mol. The molecule has 0 aliphatic carbocycles. The predicted molar refractivity (Wildman–Crippen MR) is 491 cm³/mol. The highest BCUT2D eigenvalue weighted by Gasteiger charge is 2.30. The minimum Gasteiger partial charge on any atom is -0.463 e. The lowest BCUT2D eigenvalue weighted by molar-refractivity contribution is -0.161. The number of phosphoric acid groups is 2. The van der Waals surface area contributed by atoms with Crippen molar-refractivity contribution in [2.45, 2.75) is 437 Å². The van der Waals surface area contributed by atoms with Crippen LogP contribution in [0.3, 0.4) is 0 Å². The molecule has 0 aromatic carbocycles. The van der Waals surface area contributed by atoms with Crippen molar-refractivity contribution in [2.24, 2.45) is 0 Å². The second kappa shape index (κ2) is 90.9.